The smallest absolute Gasteiger partial charge is 0.134 e. The highest BCUT2D eigenvalue weighted by Gasteiger charge is 2.18. The van der Waals surface area contributed by atoms with Gasteiger partial charge < -0.3 is 19.9 Å². The number of piperazine rings is 1. The molecule has 0 unspecified atom stereocenters. The van der Waals surface area contributed by atoms with E-state index in [2.05, 4.69) is 21.9 Å². The lowest BCUT2D eigenvalue weighted by Crippen LogP contribution is -2.43. The molecule has 1 saturated heterocycles. The van der Waals surface area contributed by atoms with E-state index < -0.39 is 0 Å². The highest BCUT2D eigenvalue weighted by atomic mass is 16.5. The number of rotatable bonds is 7. The maximum atomic E-state index is 8.29. The summed E-state index contributed by atoms with van der Waals surface area (Å²) in [6, 6.07) is 0. The van der Waals surface area contributed by atoms with Gasteiger partial charge in [0.25, 0.3) is 0 Å². The number of hydrogen-bond acceptors (Lipinski definition) is 5. The normalized spacial score (nSPS) is 16.6. The van der Waals surface area contributed by atoms with Gasteiger partial charge in [0.2, 0.25) is 0 Å². The molecule has 0 saturated carbocycles. The summed E-state index contributed by atoms with van der Waals surface area (Å²) in [4.78, 5) is 8.27. The van der Waals surface area contributed by atoms with Crippen LogP contribution in [0.25, 0.3) is 0 Å². The number of likely N-dealkylation sites (N-methyl/N-ethyl adjacent to an activating group) is 1. The Kier molecular flexibility index (Phi) is 7.25. The van der Waals surface area contributed by atoms with Crippen molar-refractivity contribution in [3.8, 4) is 0 Å². The first-order valence-corrected chi connectivity index (χ1v) is 7.04. The minimum atomic E-state index is 0.502. The van der Waals surface area contributed by atoms with Crippen LogP contribution < -0.4 is 5.32 Å². The van der Waals surface area contributed by atoms with E-state index in [-0.39, 0.29) is 0 Å². The summed E-state index contributed by atoms with van der Waals surface area (Å²) >= 11 is 0. The van der Waals surface area contributed by atoms with Crippen LogP contribution in [0.3, 0.4) is 0 Å². The number of amidine groups is 1. The van der Waals surface area contributed by atoms with E-state index >= 15 is 0 Å². The monoisotopic (exact) mass is 281 g/mol. The number of aliphatic imine (C=N–C) groups is 1. The van der Waals surface area contributed by atoms with Crippen molar-refractivity contribution in [2.24, 2.45) is 4.99 Å². The highest BCUT2D eigenvalue weighted by Crippen LogP contribution is 2.14. The van der Waals surface area contributed by atoms with Gasteiger partial charge in [-0.2, -0.15) is 0 Å². The Morgan fingerprint density at radius 2 is 2.10 bits per heavy atom. The first kappa shape index (κ1) is 16.7. The van der Waals surface area contributed by atoms with E-state index in [0.29, 0.717) is 12.4 Å². The molecule has 0 aromatic carbocycles. The summed E-state index contributed by atoms with van der Waals surface area (Å²) in [7, 11) is 3.63. The van der Waals surface area contributed by atoms with Crippen molar-refractivity contribution < 1.29 is 4.74 Å². The van der Waals surface area contributed by atoms with Crippen LogP contribution >= 0.6 is 0 Å². The maximum Gasteiger partial charge on any atom is 0.134 e. The maximum absolute atomic E-state index is 8.29. The zero-order chi connectivity index (χ0) is 15.0. The average Bonchev–Trinajstić information content (AvgIpc) is 2.48. The molecule has 20 heavy (non-hydrogen) atoms. The zero-order valence-electron chi connectivity index (χ0n) is 12.9. The molecule has 0 bridgehead atoms. The third-order valence-corrected chi connectivity index (χ3v) is 3.48. The van der Waals surface area contributed by atoms with Crippen LogP contribution in [-0.2, 0) is 4.74 Å². The number of nitrogens with zero attached hydrogens (tertiary/aromatic N) is 3. The molecule has 0 aromatic rings. The summed E-state index contributed by atoms with van der Waals surface area (Å²) in [6.45, 7) is 10.8. The molecule has 0 spiro atoms. The van der Waals surface area contributed by atoms with Crippen molar-refractivity contribution in [3.63, 3.8) is 0 Å². The number of ether oxygens (including phenoxy) is 1. The first-order chi connectivity index (χ1) is 9.61. The molecule has 6 heteroatoms. The van der Waals surface area contributed by atoms with Crippen LogP contribution in [0.1, 0.15) is 13.3 Å². The minimum absolute atomic E-state index is 0.502. The van der Waals surface area contributed by atoms with Crippen molar-refractivity contribution in [1.82, 2.24) is 15.1 Å². The summed E-state index contributed by atoms with van der Waals surface area (Å²) in [5.41, 5.74) is 0.877. The van der Waals surface area contributed by atoms with E-state index in [4.69, 9.17) is 10.1 Å². The van der Waals surface area contributed by atoms with Gasteiger partial charge in [0.1, 0.15) is 11.7 Å². The molecular weight excluding hydrogens is 254 g/mol. The molecule has 0 aromatic heterocycles. The summed E-state index contributed by atoms with van der Waals surface area (Å²) in [6.07, 6.45) is 0.910. The van der Waals surface area contributed by atoms with Crippen LogP contribution in [0.2, 0.25) is 0 Å². The first-order valence-electron chi connectivity index (χ1n) is 7.04. The molecule has 1 aliphatic heterocycles. The molecule has 114 valence electrons. The lowest BCUT2D eigenvalue weighted by Gasteiger charge is -2.31. The van der Waals surface area contributed by atoms with Crippen molar-refractivity contribution >= 4 is 12.6 Å². The molecule has 0 amide bonds. The molecule has 1 heterocycles. The number of methoxy groups -OCH3 is 1. The predicted molar refractivity (Wildman–Crippen MR) is 83.5 cm³/mol. The van der Waals surface area contributed by atoms with Gasteiger partial charge in [-0.25, -0.2) is 4.99 Å². The van der Waals surface area contributed by atoms with Crippen molar-refractivity contribution in [2.75, 3.05) is 53.5 Å². The Balaban J connectivity index is 2.70. The third-order valence-electron chi connectivity index (χ3n) is 3.48. The molecule has 6 nitrogen and oxygen atoms in total. The van der Waals surface area contributed by atoms with Crippen LogP contribution in [0.4, 0.5) is 0 Å². The van der Waals surface area contributed by atoms with Crippen LogP contribution in [0, 0.1) is 5.41 Å². The Hall–Kier alpha value is -1.40. The predicted octanol–water partition coefficient (Wildman–Crippen LogP) is 0.769. The lowest BCUT2D eigenvalue weighted by molar-refractivity contribution is 0.188. The van der Waals surface area contributed by atoms with Crippen molar-refractivity contribution in [2.45, 2.75) is 13.3 Å². The fourth-order valence-electron chi connectivity index (χ4n) is 2.28. The van der Waals surface area contributed by atoms with Crippen LogP contribution in [0.5, 0.6) is 0 Å². The molecule has 0 atom stereocenters. The highest BCUT2D eigenvalue weighted by molar-refractivity contribution is 5.95. The molecule has 1 aliphatic rings. The van der Waals surface area contributed by atoms with Gasteiger partial charge >= 0.3 is 0 Å². The second-order valence-corrected chi connectivity index (χ2v) is 4.96. The van der Waals surface area contributed by atoms with Gasteiger partial charge in [0.15, 0.2) is 0 Å². The van der Waals surface area contributed by atoms with E-state index in [1.165, 1.54) is 0 Å². The van der Waals surface area contributed by atoms with E-state index in [1.807, 2.05) is 18.9 Å². The second-order valence-electron chi connectivity index (χ2n) is 4.96. The fraction of sp³-hybridized carbons (Fsp3) is 0.714. The van der Waals surface area contributed by atoms with Crippen LogP contribution in [0.15, 0.2) is 16.4 Å². The van der Waals surface area contributed by atoms with Crippen molar-refractivity contribution in [1.29, 1.82) is 5.41 Å². The van der Waals surface area contributed by atoms with Gasteiger partial charge in [-0.3, -0.25) is 5.41 Å². The fourth-order valence-corrected chi connectivity index (χ4v) is 2.28. The van der Waals surface area contributed by atoms with Crippen molar-refractivity contribution in [3.05, 3.63) is 11.4 Å². The van der Waals surface area contributed by atoms with Gasteiger partial charge in [0.05, 0.1) is 0 Å². The van der Waals surface area contributed by atoms with E-state index in [9.17, 15) is 0 Å². The molecule has 1 fully saturated rings. The zero-order valence-corrected chi connectivity index (χ0v) is 12.9. The average molecular weight is 281 g/mol. The van der Waals surface area contributed by atoms with Gasteiger partial charge in [-0.05, 0) is 20.1 Å². The summed E-state index contributed by atoms with van der Waals surface area (Å²) in [5, 5.41) is 11.6. The second kappa shape index (κ2) is 8.71. The van der Waals surface area contributed by atoms with E-state index in [1.54, 1.807) is 7.11 Å². The molecule has 0 radical (unpaired) electrons. The minimum Gasteiger partial charge on any atom is -0.385 e. The van der Waals surface area contributed by atoms with E-state index in [0.717, 1.165) is 50.5 Å². The summed E-state index contributed by atoms with van der Waals surface area (Å²) < 4.78 is 5.04. The Morgan fingerprint density at radius 3 is 2.65 bits per heavy atom. The Bertz CT molecular complexity index is 361. The third kappa shape index (κ3) is 4.61. The molecular formula is C14H27N5O. The van der Waals surface area contributed by atoms with Crippen LogP contribution in [-0.4, -0.2) is 75.8 Å². The standard InChI is InChI=1S/C14H27N5O/c1-12(13(15)18(3)8-5-11-20-4)14(16-2)19-9-6-17-7-10-19/h15,17H,2,5-11H2,1,3-4H3/b14-12+,15-13?. The largest absolute Gasteiger partial charge is 0.385 e. The number of hydrogen-bond donors (Lipinski definition) is 2. The van der Waals surface area contributed by atoms with Gasteiger partial charge in [-0.1, -0.05) is 0 Å². The summed E-state index contributed by atoms with van der Waals surface area (Å²) in [5.74, 6) is 1.33. The van der Waals surface area contributed by atoms with Gasteiger partial charge in [-0.15, -0.1) is 0 Å². The molecule has 0 aliphatic carbocycles. The number of nitrogens with one attached hydrogen (secondary N) is 2. The SMILES string of the molecule is C=N/C(=C(/C)C(=N)N(C)CCCOC)N1CCNCC1. The van der Waals surface area contributed by atoms with Gasteiger partial charge in [0, 0.05) is 59.1 Å². The molecule has 1 rings (SSSR count). The topological polar surface area (TPSA) is 64.0 Å². The Labute approximate surface area is 122 Å². The Morgan fingerprint density at radius 1 is 1.45 bits per heavy atom. The quantitative estimate of drug-likeness (QED) is 0.411. The lowest BCUT2D eigenvalue weighted by atomic mass is 10.2. The molecule has 2 N–H and O–H groups in total.